The number of rotatable bonds is 1. The fraction of sp³-hybridized carbons (Fsp3) is 0.286. The topological polar surface area (TPSA) is 64.6 Å². The van der Waals surface area contributed by atoms with Crippen molar-refractivity contribution in [2.75, 3.05) is 6.54 Å². The van der Waals surface area contributed by atoms with Crippen LogP contribution in [-0.2, 0) is 4.79 Å². The fourth-order valence-corrected chi connectivity index (χ4v) is 1.30. The average molecular weight is 167 g/mol. The summed E-state index contributed by atoms with van der Waals surface area (Å²) in [6.07, 6.45) is 5.36. The van der Waals surface area contributed by atoms with Crippen molar-refractivity contribution in [2.24, 2.45) is 0 Å². The predicted molar refractivity (Wildman–Crippen MR) is 41.6 cm³/mol. The largest absolute Gasteiger partial charge is 0.480 e. The predicted octanol–water partition coefficient (Wildman–Crippen LogP) is -0.782. The first kappa shape index (κ1) is 7.02. The van der Waals surface area contributed by atoms with Crippen LogP contribution < -0.4 is 10.7 Å². The maximum atomic E-state index is 10.7. The fourth-order valence-electron chi connectivity index (χ4n) is 1.30. The minimum absolute atomic E-state index is 0.440. The molecule has 5 heteroatoms. The van der Waals surface area contributed by atoms with E-state index < -0.39 is 12.0 Å². The molecule has 0 aliphatic carbocycles. The summed E-state index contributed by atoms with van der Waals surface area (Å²) in [4.78, 5) is 10.7. The van der Waals surface area contributed by atoms with Gasteiger partial charge in [0.25, 0.3) is 0 Å². The summed E-state index contributed by atoms with van der Waals surface area (Å²) < 4.78 is 0. The van der Waals surface area contributed by atoms with Crippen LogP contribution in [-0.4, -0.2) is 28.7 Å². The number of fused-ring (bicyclic) bond motifs is 1. The number of nitrogens with one attached hydrogen (secondary N) is 2. The zero-order valence-electron chi connectivity index (χ0n) is 6.32. The van der Waals surface area contributed by atoms with Crippen LogP contribution in [0.4, 0.5) is 0 Å². The Morgan fingerprint density at radius 2 is 2.58 bits per heavy atom. The van der Waals surface area contributed by atoms with Gasteiger partial charge in [-0.1, -0.05) is 0 Å². The Hall–Kier alpha value is -1.65. The van der Waals surface area contributed by atoms with Gasteiger partial charge in [-0.3, -0.25) is 5.01 Å². The molecule has 64 valence electrons. The molecular weight excluding hydrogens is 158 g/mol. The summed E-state index contributed by atoms with van der Waals surface area (Å²) >= 11 is 0. The van der Waals surface area contributed by atoms with E-state index in [1.165, 1.54) is 0 Å². The van der Waals surface area contributed by atoms with E-state index in [-0.39, 0.29) is 0 Å². The smallest absolute Gasteiger partial charge is 0.330 e. The van der Waals surface area contributed by atoms with Crippen LogP contribution in [0.3, 0.4) is 0 Å². The van der Waals surface area contributed by atoms with Crippen molar-refractivity contribution in [3.05, 3.63) is 24.2 Å². The maximum Gasteiger partial charge on any atom is 0.330 e. The number of hydrogen-bond donors (Lipinski definition) is 3. The molecule has 2 rings (SSSR count). The van der Waals surface area contributed by atoms with Gasteiger partial charge >= 0.3 is 5.97 Å². The summed E-state index contributed by atoms with van der Waals surface area (Å²) in [6, 6.07) is -0.513. The zero-order valence-corrected chi connectivity index (χ0v) is 6.32. The Bertz CT molecular complexity index is 272. The van der Waals surface area contributed by atoms with Crippen molar-refractivity contribution in [3.8, 4) is 0 Å². The number of carbonyl (C=O) groups is 1. The second-order valence-corrected chi connectivity index (χ2v) is 2.65. The van der Waals surface area contributed by atoms with E-state index in [0.717, 1.165) is 5.82 Å². The molecule has 0 amide bonds. The van der Waals surface area contributed by atoms with Crippen LogP contribution in [0.5, 0.6) is 0 Å². The van der Waals surface area contributed by atoms with Crippen molar-refractivity contribution in [3.63, 3.8) is 0 Å². The molecule has 1 unspecified atom stereocenters. The van der Waals surface area contributed by atoms with Crippen molar-refractivity contribution >= 4 is 5.97 Å². The molecule has 2 aliphatic rings. The Balaban J connectivity index is 2.20. The van der Waals surface area contributed by atoms with E-state index in [9.17, 15) is 4.79 Å². The van der Waals surface area contributed by atoms with E-state index in [1.807, 2.05) is 12.2 Å². The Morgan fingerprint density at radius 3 is 3.33 bits per heavy atom. The second-order valence-electron chi connectivity index (χ2n) is 2.65. The van der Waals surface area contributed by atoms with Gasteiger partial charge < -0.3 is 15.8 Å². The van der Waals surface area contributed by atoms with Gasteiger partial charge in [-0.25, -0.2) is 4.79 Å². The third-order valence-electron chi connectivity index (χ3n) is 1.90. The van der Waals surface area contributed by atoms with Gasteiger partial charge in [-0.2, -0.15) is 0 Å². The van der Waals surface area contributed by atoms with Gasteiger partial charge in [0.2, 0.25) is 0 Å². The van der Waals surface area contributed by atoms with Gasteiger partial charge in [0, 0.05) is 12.7 Å². The first-order valence-electron chi connectivity index (χ1n) is 3.68. The highest BCUT2D eigenvalue weighted by Crippen LogP contribution is 2.14. The monoisotopic (exact) mass is 167 g/mol. The minimum Gasteiger partial charge on any atom is -0.480 e. The molecule has 1 atom stereocenters. The molecule has 0 aromatic heterocycles. The molecule has 1 fully saturated rings. The lowest BCUT2D eigenvalue weighted by Crippen LogP contribution is -2.44. The maximum absolute atomic E-state index is 10.7. The minimum atomic E-state index is -0.825. The third-order valence-corrected chi connectivity index (χ3v) is 1.90. The molecule has 0 spiro atoms. The van der Waals surface area contributed by atoms with E-state index in [1.54, 1.807) is 11.2 Å². The molecule has 5 nitrogen and oxygen atoms in total. The summed E-state index contributed by atoms with van der Waals surface area (Å²) in [5.74, 6) is -0.0152. The van der Waals surface area contributed by atoms with Gasteiger partial charge in [0.1, 0.15) is 5.82 Å². The molecule has 1 saturated heterocycles. The average Bonchev–Trinajstić information content (AvgIpc) is 2.47. The first-order valence-corrected chi connectivity index (χ1v) is 3.68. The molecule has 0 aromatic rings. The molecule has 0 aromatic carbocycles. The van der Waals surface area contributed by atoms with Crippen molar-refractivity contribution < 1.29 is 9.90 Å². The molecule has 0 saturated carbocycles. The second kappa shape index (κ2) is 2.44. The van der Waals surface area contributed by atoms with Crippen LogP contribution in [0.15, 0.2) is 24.2 Å². The number of hydrazine groups is 1. The molecule has 0 bridgehead atoms. The molecule has 2 heterocycles. The van der Waals surface area contributed by atoms with Crippen molar-refractivity contribution in [1.29, 1.82) is 0 Å². The molecule has 12 heavy (non-hydrogen) atoms. The summed E-state index contributed by atoms with van der Waals surface area (Å²) in [5, 5.41) is 13.4. The SMILES string of the molecule is O=C(O)C1CNC2=CC=CNN21. The lowest BCUT2D eigenvalue weighted by molar-refractivity contribution is -0.141. The van der Waals surface area contributed by atoms with Crippen LogP contribution in [0.1, 0.15) is 0 Å². The van der Waals surface area contributed by atoms with Gasteiger partial charge in [-0.15, -0.1) is 0 Å². The highest BCUT2D eigenvalue weighted by atomic mass is 16.4. The highest BCUT2D eigenvalue weighted by Gasteiger charge is 2.33. The molecular formula is C7H9N3O2. The van der Waals surface area contributed by atoms with Crippen molar-refractivity contribution in [1.82, 2.24) is 15.8 Å². The number of carboxylic acids is 1. The molecule has 3 N–H and O–H groups in total. The summed E-state index contributed by atoms with van der Waals surface area (Å²) in [6.45, 7) is 0.440. The van der Waals surface area contributed by atoms with E-state index in [2.05, 4.69) is 10.7 Å². The lowest BCUT2D eigenvalue weighted by atomic mass is 10.3. The molecule has 0 radical (unpaired) electrons. The Morgan fingerprint density at radius 1 is 1.75 bits per heavy atom. The standard InChI is InChI=1S/C7H9N3O2/c11-7(12)5-4-8-6-2-1-3-9-10(5)6/h1-3,5,8-9H,4H2,(H,11,12). The number of allylic oxidation sites excluding steroid dienone is 2. The van der Waals surface area contributed by atoms with Gasteiger partial charge in [0.15, 0.2) is 6.04 Å². The number of aliphatic carboxylic acids is 1. The van der Waals surface area contributed by atoms with Crippen LogP contribution in [0.2, 0.25) is 0 Å². The Kier molecular flexibility index (Phi) is 1.43. The number of nitrogens with zero attached hydrogens (tertiary/aromatic N) is 1. The van der Waals surface area contributed by atoms with E-state index in [4.69, 9.17) is 5.11 Å². The van der Waals surface area contributed by atoms with E-state index in [0.29, 0.717) is 6.54 Å². The van der Waals surface area contributed by atoms with Gasteiger partial charge in [-0.05, 0) is 12.2 Å². The number of carboxylic acid groups (broad SMARTS) is 1. The van der Waals surface area contributed by atoms with E-state index >= 15 is 0 Å². The van der Waals surface area contributed by atoms with Crippen LogP contribution >= 0.6 is 0 Å². The van der Waals surface area contributed by atoms with Crippen LogP contribution in [0.25, 0.3) is 0 Å². The quantitative estimate of drug-likeness (QED) is 0.478. The summed E-state index contributed by atoms with van der Waals surface area (Å²) in [7, 11) is 0. The Labute approximate surface area is 69.3 Å². The molecule has 2 aliphatic heterocycles. The van der Waals surface area contributed by atoms with Crippen LogP contribution in [0, 0.1) is 0 Å². The normalized spacial score (nSPS) is 25.5. The zero-order chi connectivity index (χ0) is 8.55. The summed E-state index contributed by atoms with van der Waals surface area (Å²) in [5.41, 5.74) is 2.85. The highest BCUT2D eigenvalue weighted by molar-refractivity contribution is 5.74. The first-order chi connectivity index (χ1) is 5.79. The van der Waals surface area contributed by atoms with Gasteiger partial charge in [0.05, 0.1) is 0 Å². The number of hydrogen-bond acceptors (Lipinski definition) is 4. The third kappa shape index (κ3) is 0.903. The lowest BCUT2D eigenvalue weighted by Gasteiger charge is -2.24. The van der Waals surface area contributed by atoms with Crippen molar-refractivity contribution in [2.45, 2.75) is 6.04 Å².